The van der Waals surface area contributed by atoms with Crippen molar-refractivity contribution in [2.75, 3.05) is 0 Å². The molecule has 5 heteroatoms. The zero-order valence-corrected chi connectivity index (χ0v) is 22.7. The molecule has 35 heavy (non-hydrogen) atoms. The van der Waals surface area contributed by atoms with Crippen LogP contribution in [0.2, 0.25) is 0 Å². The molecular formula is C30H46O5. The van der Waals surface area contributed by atoms with Gasteiger partial charge in [0.25, 0.3) is 0 Å². The molecule has 5 nitrogen and oxygen atoms in total. The number of hydrogen-bond donors (Lipinski definition) is 0. The van der Waals surface area contributed by atoms with Gasteiger partial charge in [-0.3, -0.25) is 4.79 Å². The summed E-state index contributed by atoms with van der Waals surface area (Å²) in [4.78, 5) is 23.7. The van der Waals surface area contributed by atoms with Gasteiger partial charge in [0.2, 0.25) is 12.1 Å². The molecule has 0 aromatic heterocycles. The van der Waals surface area contributed by atoms with Gasteiger partial charge >= 0.3 is 5.97 Å². The van der Waals surface area contributed by atoms with Crippen LogP contribution in [0.5, 0.6) is 0 Å². The largest absolute Gasteiger partial charge is 0.432 e. The van der Waals surface area contributed by atoms with E-state index < -0.39 is 17.7 Å². The SMILES string of the molecule is C=C(C)[C@@H]1CC[C@@H](C)[C@@H]2CCC(C)=C[C@@H]21.C[C@@H]1CC[C@H]2[C@@H](C)C(=O)O[C@@H]3O[C@@]4(C)CC[C@@H]1[C@]32OO4. The maximum Gasteiger partial charge on any atom is 0.311 e. The van der Waals surface area contributed by atoms with E-state index in [-0.39, 0.29) is 17.8 Å². The van der Waals surface area contributed by atoms with Crippen LogP contribution < -0.4 is 0 Å². The summed E-state index contributed by atoms with van der Waals surface area (Å²) in [5, 5.41) is 0. The Balaban J connectivity index is 0.000000152. The van der Waals surface area contributed by atoms with Gasteiger partial charge in [-0.05, 0) is 95.3 Å². The minimum atomic E-state index is -0.793. The molecule has 0 unspecified atom stereocenters. The fourth-order valence-electron chi connectivity index (χ4n) is 8.39. The molecule has 7 aliphatic rings. The smallest absolute Gasteiger partial charge is 0.311 e. The molecule has 3 aliphatic carbocycles. The standard InChI is InChI=1S/C15H22O5.C15H24/c1-8-4-5-11-9(2)12(16)17-13-15(11)10(8)6-7-14(3,18-13)19-20-15;1-10(2)13-8-6-12(4)14-7-5-11(3)9-15(13)14/h8-11,13H,4-7H2,1-3H3;9,12-15H,1,5-8H2,2-4H3/t8-,9-,10+,11+,13-,14-,15-;12-,13+,14+,15-/m11/s1. The van der Waals surface area contributed by atoms with Gasteiger partial charge in [-0.25, -0.2) is 9.78 Å². The summed E-state index contributed by atoms with van der Waals surface area (Å²) in [5.41, 5.74) is 2.40. The lowest BCUT2D eigenvalue weighted by atomic mass is 9.58. The Morgan fingerprint density at radius 2 is 1.74 bits per heavy atom. The van der Waals surface area contributed by atoms with Crippen molar-refractivity contribution in [1.82, 2.24) is 0 Å². The molecule has 4 heterocycles. The summed E-state index contributed by atoms with van der Waals surface area (Å²) in [7, 11) is 0. The van der Waals surface area contributed by atoms with E-state index in [1.165, 1.54) is 31.3 Å². The fraction of sp³-hybridized carbons (Fsp3) is 0.833. The van der Waals surface area contributed by atoms with Crippen LogP contribution in [0.4, 0.5) is 0 Å². The third-order valence-electron chi connectivity index (χ3n) is 10.6. The molecule has 0 radical (unpaired) electrons. The number of rotatable bonds is 1. The molecule has 6 fully saturated rings. The number of esters is 1. The molecule has 4 aliphatic heterocycles. The molecule has 11 atom stereocenters. The molecule has 0 aromatic carbocycles. The Hall–Kier alpha value is -1.17. The summed E-state index contributed by atoms with van der Waals surface area (Å²) < 4.78 is 11.6. The summed E-state index contributed by atoms with van der Waals surface area (Å²) in [6, 6.07) is 0. The van der Waals surface area contributed by atoms with Crippen molar-refractivity contribution in [1.29, 1.82) is 0 Å². The normalized spacial score (nSPS) is 50.4. The third-order valence-corrected chi connectivity index (χ3v) is 10.6. The van der Waals surface area contributed by atoms with Gasteiger partial charge in [-0.2, -0.15) is 0 Å². The average Bonchev–Trinajstić information content (AvgIpc) is 3.04. The number of carbonyl (C=O) groups is 1. The number of fused-ring (bicyclic) bond motifs is 3. The highest BCUT2D eigenvalue weighted by Crippen LogP contribution is 2.59. The Labute approximate surface area is 211 Å². The minimum absolute atomic E-state index is 0.123. The van der Waals surface area contributed by atoms with Crippen molar-refractivity contribution in [3.63, 3.8) is 0 Å². The summed E-state index contributed by atoms with van der Waals surface area (Å²) in [6.07, 6.45) is 11.3. The number of ether oxygens (including phenoxy) is 2. The van der Waals surface area contributed by atoms with Crippen LogP contribution in [0.3, 0.4) is 0 Å². The summed E-state index contributed by atoms with van der Waals surface area (Å²) in [6.45, 7) is 17.2. The average molecular weight is 487 g/mol. The summed E-state index contributed by atoms with van der Waals surface area (Å²) in [5.74, 6) is 3.29. The van der Waals surface area contributed by atoms with Gasteiger partial charge in [0.1, 0.15) is 0 Å². The molecule has 196 valence electrons. The highest BCUT2D eigenvalue weighted by molar-refractivity contribution is 5.74. The fourth-order valence-corrected chi connectivity index (χ4v) is 8.39. The topological polar surface area (TPSA) is 54.0 Å². The molecule has 2 bridgehead atoms. The minimum Gasteiger partial charge on any atom is -0.432 e. The number of carbonyl (C=O) groups excluding carboxylic acids is 1. The van der Waals surface area contributed by atoms with Crippen molar-refractivity contribution in [2.45, 2.75) is 111 Å². The van der Waals surface area contributed by atoms with E-state index in [0.717, 1.165) is 49.4 Å². The van der Waals surface area contributed by atoms with E-state index in [1.807, 2.05) is 13.8 Å². The van der Waals surface area contributed by atoms with E-state index in [4.69, 9.17) is 19.2 Å². The Kier molecular flexibility index (Phi) is 6.76. The predicted molar refractivity (Wildman–Crippen MR) is 135 cm³/mol. The number of hydrogen-bond acceptors (Lipinski definition) is 5. The van der Waals surface area contributed by atoms with Crippen LogP contribution in [0.15, 0.2) is 23.8 Å². The van der Waals surface area contributed by atoms with E-state index in [2.05, 4.69) is 40.3 Å². The number of allylic oxidation sites excluding steroid dienone is 3. The molecule has 0 aromatic rings. The maximum absolute atomic E-state index is 12.1. The van der Waals surface area contributed by atoms with Gasteiger partial charge in [0.05, 0.1) is 5.92 Å². The van der Waals surface area contributed by atoms with Crippen LogP contribution in [0.25, 0.3) is 0 Å². The first-order valence-corrected chi connectivity index (χ1v) is 14.1. The van der Waals surface area contributed by atoms with Crippen LogP contribution in [-0.4, -0.2) is 23.6 Å². The van der Waals surface area contributed by atoms with Crippen molar-refractivity contribution in [3.8, 4) is 0 Å². The quantitative estimate of drug-likeness (QED) is 0.227. The van der Waals surface area contributed by atoms with Gasteiger partial charge in [-0.15, -0.1) is 0 Å². The van der Waals surface area contributed by atoms with E-state index >= 15 is 0 Å². The highest BCUT2D eigenvalue weighted by Gasteiger charge is 2.70. The first-order chi connectivity index (χ1) is 16.6. The van der Waals surface area contributed by atoms with Crippen LogP contribution >= 0.6 is 0 Å². The summed E-state index contributed by atoms with van der Waals surface area (Å²) >= 11 is 0. The maximum atomic E-state index is 12.1. The zero-order chi connectivity index (χ0) is 25.1. The van der Waals surface area contributed by atoms with Crippen molar-refractivity contribution < 1.29 is 24.0 Å². The zero-order valence-electron chi connectivity index (χ0n) is 22.7. The highest BCUT2D eigenvalue weighted by atomic mass is 17.3. The Morgan fingerprint density at radius 3 is 2.49 bits per heavy atom. The first kappa shape index (κ1) is 25.5. The predicted octanol–water partition coefficient (Wildman–Crippen LogP) is 6.98. The van der Waals surface area contributed by atoms with Gasteiger partial charge < -0.3 is 9.47 Å². The monoisotopic (exact) mass is 486 g/mol. The van der Waals surface area contributed by atoms with E-state index in [9.17, 15) is 4.79 Å². The molecule has 0 N–H and O–H groups in total. The van der Waals surface area contributed by atoms with Crippen molar-refractivity contribution in [2.24, 2.45) is 47.3 Å². The second-order valence-corrected chi connectivity index (χ2v) is 12.9. The van der Waals surface area contributed by atoms with Crippen LogP contribution in [-0.2, 0) is 24.0 Å². The second kappa shape index (κ2) is 9.29. The van der Waals surface area contributed by atoms with E-state index in [0.29, 0.717) is 11.8 Å². The Morgan fingerprint density at radius 1 is 1.00 bits per heavy atom. The molecule has 4 saturated heterocycles. The molecule has 1 spiro atoms. The molecule has 2 saturated carbocycles. The lowest BCUT2D eigenvalue weighted by molar-refractivity contribution is -0.559. The van der Waals surface area contributed by atoms with Crippen LogP contribution in [0.1, 0.15) is 92.9 Å². The van der Waals surface area contributed by atoms with Gasteiger partial charge in [-0.1, -0.05) is 44.6 Å². The lowest BCUT2D eigenvalue weighted by Crippen LogP contribution is -2.69. The molecular weight excluding hydrogens is 440 g/mol. The van der Waals surface area contributed by atoms with E-state index in [1.54, 1.807) is 5.57 Å². The van der Waals surface area contributed by atoms with Crippen LogP contribution in [0, 0.1) is 47.3 Å². The second-order valence-electron chi connectivity index (χ2n) is 12.9. The van der Waals surface area contributed by atoms with Crippen molar-refractivity contribution >= 4 is 5.97 Å². The van der Waals surface area contributed by atoms with Gasteiger partial charge in [0.15, 0.2) is 5.60 Å². The first-order valence-electron chi connectivity index (χ1n) is 14.1. The third kappa shape index (κ3) is 4.24. The Bertz CT molecular complexity index is 880. The van der Waals surface area contributed by atoms with Gasteiger partial charge in [0, 0.05) is 18.3 Å². The lowest BCUT2D eigenvalue weighted by Gasteiger charge is -2.57. The molecule has 0 amide bonds. The van der Waals surface area contributed by atoms with Crippen molar-refractivity contribution in [3.05, 3.63) is 23.8 Å². The molecule has 7 rings (SSSR count).